The van der Waals surface area contributed by atoms with Gasteiger partial charge in [0.25, 0.3) is 0 Å². The molecule has 4 rings (SSSR count). The highest BCUT2D eigenvalue weighted by Crippen LogP contribution is 2.50. The highest BCUT2D eigenvalue weighted by molar-refractivity contribution is 5.32. The van der Waals surface area contributed by atoms with Crippen molar-refractivity contribution in [3.05, 3.63) is 107 Å². The molecule has 0 unspecified atom stereocenters. The van der Waals surface area contributed by atoms with E-state index in [1.165, 1.54) is 17.7 Å². The van der Waals surface area contributed by atoms with Crippen LogP contribution in [0, 0.1) is 11.7 Å². The number of benzene rings is 3. The van der Waals surface area contributed by atoms with Crippen LogP contribution in [0.5, 0.6) is 0 Å². The molecule has 3 aromatic carbocycles. The van der Waals surface area contributed by atoms with Crippen molar-refractivity contribution in [1.82, 2.24) is 5.32 Å². The van der Waals surface area contributed by atoms with E-state index in [1.807, 2.05) is 36.4 Å². The van der Waals surface area contributed by atoms with Crippen LogP contribution in [0.2, 0.25) is 0 Å². The Balaban J connectivity index is 1.82. The average molecular weight is 390 g/mol. The molecule has 0 aliphatic carbocycles. The van der Waals surface area contributed by atoms with Gasteiger partial charge in [-0.05, 0) is 35.2 Å². The van der Waals surface area contributed by atoms with E-state index in [-0.39, 0.29) is 23.8 Å². The highest BCUT2D eigenvalue weighted by Gasteiger charge is 2.48. The molecule has 0 bridgehead atoms. The predicted octanol–water partition coefficient (Wildman–Crippen LogP) is 5.91. The zero-order valence-electron chi connectivity index (χ0n) is 16.8. The van der Waals surface area contributed by atoms with Gasteiger partial charge in [-0.1, -0.05) is 86.1 Å². The second-order valence-electron chi connectivity index (χ2n) is 8.05. The molecule has 1 saturated heterocycles. The van der Waals surface area contributed by atoms with Crippen molar-refractivity contribution in [3.8, 4) is 0 Å². The van der Waals surface area contributed by atoms with Crippen molar-refractivity contribution in [3.63, 3.8) is 0 Å². The van der Waals surface area contributed by atoms with Gasteiger partial charge in [0.05, 0.1) is 5.60 Å². The van der Waals surface area contributed by atoms with Crippen LogP contribution in [0.15, 0.2) is 84.9 Å². The van der Waals surface area contributed by atoms with Crippen molar-refractivity contribution in [1.29, 1.82) is 0 Å². The Labute approximate surface area is 172 Å². The molecular formula is C26H28FNO. The van der Waals surface area contributed by atoms with Crippen molar-refractivity contribution in [2.24, 2.45) is 5.92 Å². The topological polar surface area (TPSA) is 32.3 Å². The second-order valence-corrected chi connectivity index (χ2v) is 8.05. The minimum atomic E-state index is -1.05. The maximum atomic E-state index is 13.6. The quantitative estimate of drug-likeness (QED) is 0.569. The Hall–Kier alpha value is -2.49. The third-order valence-corrected chi connectivity index (χ3v) is 6.22. The zero-order chi connectivity index (χ0) is 20.3. The predicted molar refractivity (Wildman–Crippen MR) is 115 cm³/mol. The van der Waals surface area contributed by atoms with Crippen LogP contribution in [-0.4, -0.2) is 5.11 Å². The molecule has 1 aliphatic rings. The van der Waals surface area contributed by atoms with Gasteiger partial charge in [-0.25, -0.2) is 4.39 Å². The van der Waals surface area contributed by atoms with Crippen LogP contribution in [0.3, 0.4) is 0 Å². The first kappa shape index (κ1) is 19.8. The largest absolute Gasteiger partial charge is 0.385 e. The van der Waals surface area contributed by atoms with Crippen LogP contribution in [0.4, 0.5) is 4.39 Å². The summed E-state index contributed by atoms with van der Waals surface area (Å²) in [6.45, 7) is 2.15. The zero-order valence-corrected chi connectivity index (χ0v) is 16.8. The Morgan fingerprint density at radius 1 is 0.897 bits per heavy atom. The summed E-state index contributed by atoms with van der Waals surface area (Å²) in [4.78, 5) is 0. The average Bonchev–Trinajstić information content (AvgIpc) is 2.77. The molecule has 2 N–H and O–H groups in total. The van der Waals surface area contributed by atoms with E-state index < -0.39 is 5.60 Å². The summed E-state index contributed by atoms with van der Waals surface area (Å²) in [6, 6.07) is 27.0. The monoisotopic (exact) mass is 389 g/mol. The van der Waals surface area contributed by atoms with E-state index in [0.29, 0.717) is 6.42 Å². The number of piperidine rings is 1. The van der Waals surface area contributed by atoms with Crippen LogP contribution < -0.4 is 5.32 Å². The standard InChI is InChI=1S/C26H28FNO/c1-2-9-23-25(20-12-7-4-8-13-20)28-24(19-10-5-3-6-11-19)18-26(23,29)21-14-16-22(27)17-15-21/h3-8,10-17,23-25,28-29H,2,9,18H2,1H3/t23-,24-,25+,26-/m0/s1. The van der Waals surface area contributed by atoms with Gasteiger partial charge in [0.1, 0.15) is 5.82 Å². The van der Waals surface area contributed by atoms with Crippen molar-refractivity contribution < 1.29 is 9.50 Å². The van der Waals surface area contributed by atoms with E-state index in [9.17, 15) is 9.50 Å². The normalized spacial score (nSPS) is 26.9. The van der Waals surface area contributed by atoms with Gasteiger partial charge in [-0.15, -0.1) is 0 Å². The summed E-state index contributed by atoms with van der Waals surface area (Å²) in [5.41, 5.74) is 2.08. The first-order valence-electron chi connectivity index (χ1n) is 10.5. The summed E-state index contributed by atoms with van der Waals surface area (Å²) in [5.74, 6) is -0.294. The van der Waals surface area contributed by atoms with E-state index in [4.69, 9.17) is 0 Å². The van der Waals surface area contributed by atoms with Gasteiger partial charge in [-0.2, -0.15) is 0 Å². The molecule has 0 radical (unpaired) electrons. The molecule has 29 heavy (non-hydrogen) atoms. The first-order chi connectivity index (χ1) is 14.1. The van der Waals surface area contributed by atoms with E-state index >= 15 is 0 Å². The molecule has 1 heterocycles. The summed E-state index contributed by atoms with van der Waals surface area (Å²) in [7, 11) is 0. The molecule has 1 fully saturated rings. The first-order valence-corrected chi connectivity index (χ1v) is 10.5. The number of halogens is 1. The van der Waals surface area contributed by atoms with E-state index in [0.717, 1.165) is 24.0 Å². The Morgan fingerprint density at radius 2 is 1.48 bits per heavy atom. The fraction of sp³-hybridized carbons (Fsp3) is 0.308. The van der Waals surface area contributed by atoms with Crippen molar-refractivity contribution in [2.45, 2.75) is 43.9 Å². The van der Waals surface area contributed by atoms with Crippen molar-refractivity contribution >= 4 is 0 Å². The Bertz CT molecular complexity index is 912. The van der Waals surface area contributed by atoms with E-state index in [2.05, 4.69) is 36.5 Å². The minimum Gasteiger partial charge on any atom is -0.385 e. The number of hydrogen-bond donors (Lipinski definition) is 2. The molecule has 4 atom stereocenters. The minimum absolute atomic E-state index is 0.00423. The molecule has 0 aromatic heterocycles. The molecule has 1 aliphatic heterocycles. The van der Waals surface area contributed by atoms with Gasteiger partial charge in [-0.3, -0.25) is 0 Å². The number of aliphatic hydroxyl groups is 1. The highest BCUT2D eigenvalue weighted by atomic mass is 19.1. The molecule has 150 valence electrons. The fourth-order valence-corrected chi connectivity index (χ4v) is 4.81. The number of nitrogens with one attached hydrogen (secondary N) is 1. The lowest BCUT2D eigenvalue weighted by Gasteiger charge is -2.49. The van der Waals surface area contributed by atoms with E-state index in [1.54, 1.807) is 12.1 Å². The lowest BCUT2D eigenvalue weighted by atomic mass is 9.66. The smallest absolute Gasteiger partial charge is 0.123 e. The van der Waals surface area contributed by atoms with Crippen LogP contribution in [0.1, 0.15) is 55.0 Å². The van der Waals surface area contributed by atoms with Gasteiger partial charge in [0, 0.05) is 24.4 Å². The molecule has 0 spiro atoms. The lowest BCUT2D eigenvalue weighted by Crippen LogP contribution is -2.51. The summed E-state index contributed by atoms with van der Waals surface area (Å²) >= 11 is 0. The van der Waals surface area contributed by atoms with Gasteiger partial charge < -0.3 is 10.4 Å². The van der Waals surface area contributed by atoms with Crippen LogP contribution in [0.25, 0.3) is 0 Å². The third kappa shape index (κ3) is 3.98. The SMILES string of the molecule is CCC[C@H]1[C@@H](c2ccccc2)N[C@H](c2ccccc2)C[C@]1(O)c1ccc(F)cc1. The van der Waals surface area contributed by atoms with Crippen LogP contribution in [-0.2, 0) is 5.60 Å². The molecular weight excluding hydrogens is 361 g/mol. The summed E-state index contributed by atoms with van der Waals surface area (Å²) < 4.78 is 13.6. The molecule has 3 heteroatoms. The third-order valence-electron chi connectivity index (χ3n) is 6.22. The maximum absolute atomic E-state index is 13.6. The number of rotatable bonds is 5. The Kier molecular flexibility index (Phi) is 5.79. The van der Waals surface area contributed by atoms with Crippen molar-refractivity contribution in [2.75, 3.05) is 0 Å². The lowest BCUT2D eigenvalue weighted by molar-refractivity contribution is -0.0850. The van der Waals surface area contributed by atoms with Gasteiger partial charge in [0.15, 0.2) is 0 Å². The molecule has 0 amide bonds. The Morgan fingerprint density at radius 3 is 2.07 bits per heavy atom. The maximum Gasteiger partial charge on any atom is 0.123 e. The fourth-order valence-electron chi connectivity index (χ4n) is 4.81. The second kappa shape index (κ2) is 8.48. The molecule has 0 saturated carbocycles. The molecule has 3 aromatic rings. The van der Waals surface area contributed by atoms with Gasteiger partial charge in [0.2, 0.25) is 0 Å². The molecule has 2 nitrogen and oxygen atoms in total. The summed E-state index contributed by atoms with van der Waals surface area (Å²) in [6.07, 6.45) is 2.40. The van der Waals surface area contributed by atoms with Gasteiger partial charge >= 0.3 is 0 Å². The van der Waals surface area contributed by atoms with Crippen LogP contribution >= 0.6 is 0 Å². The summed E-state index contributed by atoms with van der Waals surface area (Å²) in [5, 5.41) is 15.9. The number of hydrogen-bond acceptors (Lipinski definition) is 2.